The zero-order valence-corrected chi connectivity index (χ0v) is 21.3. The number of hydrogen-bond acceptors (Lipinski definition) is 7. The number of anilines is 1. The Morgan fingerprint density at radius 2 is 1.85 bits per heavy atom. The minimum Gasteiger partial charge on any atom is -0.492 e. The Balaban J connectivity index is 1.33. The molecule has 2 aliphatic rings. The second-order valence-electron chi connectivity index (χ2n) is 9.76. The van der Waals surface area contributed by atoms with Crippen molar-refractivity contribution in [2.24, 2.45) is 5.41 Å². The zero-order chi connectivity index (χ0) is 24.1. The standard InChI is InChI=1S/C25H29N3O4S2/c1-17-20-6-4-18(14-23(20)33-26-17)27-10-12-28(13-11-27)24(29)21-15-19(34(3,30)31)5-7-22(21)32-16-25(2)8-9-25/h4-7,14-15H,8-13,16H2,1-3H3. The molecule has 180 valence electrons. The van der Waals surface area contributed by atoms with Crippen LogP contribution in [-0.2, 0) is 9.84 Å². The highest BCUT2D eigenvalue weighted by Crippen LogP contribution is 2.45. The number of aromatic nitrogens is 1. The van der Waals surface area contributed by atoms with Crippen LogP contribution in [-0.4, -0.2) is 62.6 Å². The molecule has 2 fully saturated rings. The molecule has 3 aromatic rings. The molecule has 1 saturated carbocycles. The van der Waals surface area contributed by atoms with E-state index in [-0.39, 0.29) is 16.2 Å². The fourth-order valence-electron chi connectivity index (χ4n) is 4.23. The van der Waals surface area contributed by atoms with Crippen LogP contribution in [0.4, 0.5) is 5.69 Å². The first-order valence-electron chi connectivity index (χ1n) is 11.5. The first-order chi connectivity index (χ1) is 16.1. The predicted molar refractivity (Wildman–Crippen MR) is 135 cm³/mol. The molecule has 0 bridgehead atoms. The van der Waals surface area contributed by atoms with Gasteiger partial charge >= 0.3 is 0 Å². The highest BCUT2D eigenvalue weighted by molar-refractivity contribution is 7.90. The number of fused-ring (bicyclic) bond motifs is 1. The van der Waals surface area contributed by atoms with Crippen LogP contribution in [0.3, 0.4) is 0 Å². The molecule has 0 radical (unpaired) electrons. The Kier molecular flexibility index (Phi) is 5.80. The number of rotatable bonds is 6. The van der Waals surface area contributed by atoms with Gasteiger partial charge in [-0.05, 0) is 67.7 Å². The average molecular weight is 500 g/mol. The molecule has 1 aliphatic carbocycles. The molecular formula is C25H29N3O4S2. The third kappa shape index (κ3) is 4.63. The fraction of sp³-hybridized carbons (Fsp3) is 0.440. The van der Waals surface area contributed by atoms with E-state index in [2.05, 4.69) is 34.4 Å². The summed E-state index contributed by atoms with van der Waals surface area (Å²) in [6.45, 7) is 7.22. The van der Waals surface area contributed by atoms with Crippen LogP contribution in [0.5, 0.6) is 5.75 Å². The van der Waals surface area contributed by atoms with Gasteiger partial charge in [0.2, 0.25) is 0 Å². The van der Waals surface area contributed by atoms with E-state index in [0.29, 0.717) is 44.1 Å². The van der Waals surface area contributed by atoms with Gasteiger partial charge in [0.25, 0.3) is 5.91 Å². The summed E-state index contributed by atoms with van der Waals surface area (Å²) in [4.78, 5) is 17.7. The number of carbonyl (C=O) groups excluding carboxylic acids is 1. The van der Waals surface area contributed by atoms with Crippen LogP contribution >= 0.6 is 11.5 Å². The molecular weight excluding hydrogens is 470 g/mol. The van der Waals surface area contributed by atoms with Gasteiger partial charge in [-0.25, -0.2) is 8.42 Å². The Hall–Kier alpha value is -2.65. The molecule has 9 heteroatoms. The fourth-order valence-corrected chi connectivity index (χ4v) is 5.70. The number of hydrogen-bond donors (Lipinski definition) is 0. The molecule has 1 aromatic heterocycles. The quantitative estimate of drug-likeness (QED) is 0.507. The van der Waals surface area contributed by atoms with Crippen molar-refractivity contribution < 1.29 is 17.9 Å². The van der Waals surface area contributed by atoms with Gasteiger partial charge in [0.05, 0.1) is 27.5 Å². The van der Waals surface area contributed by atoms with Crippen LogP contribution in [0.25, 0.3) is 10.1 Å². The van der Waals surface area contributed by atoms with E-state index in [1.165, 1.54) is 29.1 Å². The third-order valence-electron chi connectivity index (χ3n) is 6.86. The summed E-state index contributed by atoms with van der Waals surface area (Å²) in [7, 11) is -3.44. The van der Waals surface area contributed by atoms with Crippen LogP contribution in [0.1, 0.15) is 35.8 Å². The molecule has 1 aliphatic heterocycles. The topological polar surface area (TPSA) is 79.8 Å². The summed E-state index contributed by atoms with van der Waals surface area (Å²) < 4.78 is 35.9. The summed E-state index contributed by atoms with van der Waals surface area (Å²) in [5.41, 5.74) is 2.65. The Bertz CT molecular complexity index is 1350. The van der Waals surface area contributed by atoms with E-state index in [9.17, 15) is 13.2 Å². The number of benzene rings is 2. The van der Waals surface area contributed by atoms with Crippen molar-refractivity contribution in [3.8, 4) is 5.75 Å². The summed E-state index contributed by atoms with van der Waals surface area (Å²) in [5.74, 6) is 0.272. The zero-order valence-electron chi connectivity index (χ0n) is 19.7. The van der Waals surface area contributed by atoms with Gasteiger partial charge in [-0.3, -0.25) is 4.79 Å². The molecule has 34 heavy (non-hydrogen) atoms. The van der Waals surface area contributed by atoms with Crippen LogP contribution in [0, 0.1) is 12.3 Å². The van der Waals surface area contributed by atoms with Crippen molar-refractivity contribution in [1.82, 2.24) is 9.27 Å². The van der Waals surface area contributed by atoms with Crippen molar-refractivity contribution in [3.05, 3.63) is 47.7 Å². The molecule has 0 spiro atoms. The molecule has 1 saturated heterocycles. The maximum Gasteiger partial charge on any atom is 0.257 e. The van der Waals surface area contributed by atoms with E-state index in [0.717, 1.165) is 35.2 Å². The number of sulfone groups is 1. The van der Waals surface area contributed by atoms with Gasteiger partial charge in [0.15, 0.2) is 9.84 Å². The van der Waals surface area contributed by atoms with E-state index in [4.69, 9.17) is 4.74 Å². The Morgan fingerprint density at radius 3 is 2.53 bits per heavy atom. The van der Waals surface area contributed by atoms with E-state index >= 15 is 0 Å². The predicted octanol–water partition coefficient (Wildman–Crippen LogP) is 4.15. The van der Waals surface area contributed by atoms with Crippen molar-refractivity contribution >= 4 is 43.1 Å². The summed E-state index contributed by atoms with van der Waals surface area (Å²) in [6.07, 6.45) is 3.36. The Morgan fingerprint density at radius 1 is 1.12 bits per heavy atom. The number of carbonyl (C=O) groups is 1. The molecule has 1 amide bonds. The van der Waals surface area contributed by atoms with Gasteiger partial charge in [-0.2, -0.15) is 4.37 Å². The second-order valence-corrected chi connectivity index (χ2v) is 12.6. The van der Waals surface area contributed by atoms with Crippen molar-refractivity contribution in [1.29, 1.82) is 0 Å². The SMILES string of the molecule is Cc1nsc2cc(N3CCN(C(=O)c4cc(S(C)(=O)=O)ccc4OCC4(C)CC4)CC3)ccc12. The van der Waals surface area contributed by atoms with E-state index in [1.807, 2.05) is 6.92 Å². The number of aryl methyl sites for hydroxylation is 1. The first-order valence-corrected chi connectivity index (χ1v) is 14.2. The molecule has 2 aromatic carbocycles. The summed E-state index contributed by atoms with van der Waals surface area (Å²) in [5, 5.41) is 1.18. The normalized spacial score (nSPS) is 17.7. The Labute approximate surface area is 204 Å². The minimum absolute atomic E-state index is 0.132. The molecule has 0 atom stereocenters. The first kappa shape index (κ1) is 23.1. The second kappa shape index (κ2) is 8.53. The monoisotopic (exact) mass is 499 g/mol. The molecule has 7 nitrogen and oxygen atoms in total. The van der Waals surface area contributed by atoms with Gasteiger partial charge < -0.3 is 14.5 Å². The molecule has 0 unspecified atom stereocenters. The minimum atomic E-state index is -3.44. The average Bonchev–Trinajstić information content (AvgIpc) is 3.46. The van der Waals surface area contributed by atoms with Crippen LogP contribution < -0.4 is 9.64 Å². The van der Waals surface area contributed by atoms with Crippen molar-refractivity contribution in [2.75, 3.05) is 43.9 Å². The van der Waals surface area contributed by atoms with Gasteiger partial charge in [-0.15, -0.1) is 0 Å². The summed E-state index contributed by atoms with van der Waals surface area (Å²) >= 11 is 1.51. The lowest BCUT2D eigenvalue weighted by Gasteiger charge is -2.36. The van der Waals surface area contributed by atoms with Gasteiger partial charge in [0, 0.05) is 48.9 Å². The van der Waals surface area contributed by atoms with Crippen LogP contribution in [0.2, 0.25) is 0 Å². The van der Waals surface area contributed by atoms with Crippen molar-refractivity contribution in [2.45, 2.75) is 31.6 Å². The van der Waals surface area contributed by atoms with Gasteiger partial charge in [0.1, 0.15) is 5.75 Å². The largest absolute Gasteiger partial charge is 0.492 e. The molecule has 0 N–H and O–H groups in total. The van der Waals surface area contributed by atoms with E-state index < -0.39 is 9.84 Å². The number of piperazine rings is 1. The lowest BCUT2D eigenvalue weighted by Crippen LogP contribution is -2.48. The van der Waals surface area contributed by atoms with Gasteiger partial charge in [-0.1, -0.05) is 6.92 Å². The number of nitrogens with zero attached hydrogens (tertiary/aromatic N) is 3. The molecule has 2 heterocycles. The third-order valence-corrected chi connectivity index (χ3v) is 8.87. The van der Waals surface area contributed by atoms with E-state index in [1.54, 1.807) is 11.0 Å². The molecule has 5 rings (SSSR count). The van der Waals surface area contributed by atoms with Crippen LogP contribution in [0.15, 0.2) is 41.3 Å². The number of amides is 1. The highest BCUT2D eigenvalue weighted by atomic mass is 32.2. The number of ether oxygens (including phenoxy) is 1. The maximum atomic E-state index is 13.5. The lowest BCUT2D eigenvalue weighted by molar-refractivity contribution is 0.0740. The summed E-state index contributed by atoms with van der Waals surface area (Å²) in [6, 6.07) is 11.0. The maximum absolute atomic E-state index is 13.5. The lowest BCUT2D eigenvalue weighted by atomic mass is 10.1. The van der Waals surface area contributed by atoms with Crippen molar-refractivity contribution in [3.63, 3.8) is 0 Å². The smallest absolute Gasteiger partial charge is 0.257 e. The highest BCUT2D eigenvalue weighted by Gasteiger charge is 2.38.